The fourth-order valence-electron chi connectivity index (χ4n) is 0.934. The first-order chi connectivity index (χ1) is 7.14. The van der Waals surface area contributed by atoms with E-state index >= 15 is 0 Å². The quantitative estimate of drug-likeness (QED) is 0.592. The van der Waals surface area contributed by atoms with Crippen LogP contribution in [0.2, 0.25) is 0 Å². The topological polar surface area (TPSA) is 0 Å². The lowest BCUT2D eigenvalue weighted by atomic mass is 9.89. The van der Waals surface area contributed by atoms with Gasteiger partial charge in [0.1, 0.15) is 0 Å². The molecule has 0 atom stereocenters. The van der Waals surface area contributed by atoms with E-state index in [9.17, 15) is 0 Å². The Hall–Kier alpha value is -0.560. The predicted octanol–water partition coefficient (Wildman–Crippen LogP) is 5.56. The van der Waals surface area contributed by atoms with E-state index < -0.39 is 0 Å². The summed E-state index contributed by atoms with van der Waals surface area (Å²) in [6, 6.07) is 4.27. The average Bonchev–Trinajstić information content (AvgIpc) is 2.76. The smallest absolute Gasteiger partial charge is 0.00536 e. The van der Waals surface area contributed by atoms with Crippen molar-refractivity contribution >= 4 is 11.3 Å². The normalized spacial score (nSPS) is 9.20. The summed E-state index contributed by atoms with van der Waals surface area (Å²) in [5.41, 5.74) is 0.241. The molecule has 0 aliphatic carbocycles. The number of thiophene rings is 1. The van der Waals surface area contributed by atoms with Crippen LogP contribution in [0.15, 0.2) is 30.2 Å². The van der Waals surface area contributed by atoms with E-state index in [1.54, 1.807) is 0 Å². The monoisotopic (exact) mass is 226 g/mol. The van der Waals surface area contributed by atoms with Crippen molar-refractivity contribution in [2.75, 3.05) is 0 Å². The van der Waals surface area contributed by atoms with Crippen LogP contribution in [0.4, 0.5) is 0 Å². The zero-order valence-electron chi connectivity index (χ0n) is 11.1. The van der Waals surface area contributed by atoms with Gasteiger partial charge in [-0.05, 0) is 23.3 Å². The van der Waals surface area contributed by atoms with Crippen molar-refractivity contribution in [3.05, 3.63) is 35.0 Å². The minimum Gasteiger partial charge on any atom is -0.149 e. The lowest BCUT2D eigenvalue weighted by Gasteiger charge is -2.17. The van der Waals surface area contributed by atoms with Crippen LogP contribution in [0.25, 0.3) is 0 Å². The van der Waals surface area contributed by atoms with Gasteiger partial charge in [0.2, 0.25) is 0 Å². The molecule has 1 aromatic heterocycles. The van der Waals surface area contributed by atoms with Crippen molar-refractivity contribution in [2.24, 2.45) is 5.41 Å². The summed E-state index contributed by atoms with van der Waals surface area (Å²) >= 11 is 1.82. The third-order valence-electron chi connectivity index (χ3n) is 1.76. The molecule has 0 spiro atoms. The first-order valence-corrected chi connectivity index (χ1v) is 6.68. The summed E-state index contributed by atoms with van der Waals surface area (Å²) in [5, 5.41) is 2.12. The Morgan fingerprint density at radius 2 is 1.80 bits per heavy atom. The molecule has 0 bridgehead atoms. The largest absolute Gasteiger partial charge is 0.149 e. The number of hydrogen-bond acceptors (Lipinski definition) is 1. The molecule has 15 heavy (non-hydrogen) atoms. The SMILES string of the molecule is C=CC(C)(C)Cc1cccs1.CC.CC. The molecule has 1 heterocycles. The second-order valence-electron chi connectivity index (χ2n) is 3.45. The van der Waals surface area contributed by atoms with Crippen molar-refractivity contribution in [1.29, 1.82) is 0 Å². The van der Waals surface area contributed by atoms with Crippen LogP contribution in [-0.4, -0.2) is 0 Å². The number of rotatable bonds is 3. The third-order valence-corrected chi connectivity index (χ3v) is 2.64. The van der Waals surface area contributed by atoms with Crippen LogP contribution >= 0.6 is 11.3 Å². The van der Waals surface area contributed by atoms with E-state index in [2.05, 4.69) is 37.9 Å². The van der Waals surface area contributed by atoms with Gasteiger partial charge in [0.15, 0.2) is 0 Å². The van der Waals surface area contributed by atoms with Crippen LogP contribution in [0.5, 0.6) is 0 Å². The Labute approximate surface area is 100 Å². The van der Waals surface area contributed by atoms with Crippen molar-refractivity contribution in [2.45, 2.75) is 48.0 Å². The van der Waals surface area contributed by atoms with E-state index in [0.717, 1.165) is 6.42 Å². The average molecular weight is 226 g/mol. The zero-order chi connectivity index (χ0) is 12.3. The summed E-state index contributed by atoms with van der Waals surface area (Å²) in [6.45, 7) is 16.2. The van der Waals surface area contributed by atoms with Gasteiger partial charge in [0.05, 0.1) is 0 Å². The molecule has 0 unspecified atom stereocenters. The van der Waals surface area contributed by atoms with Gasteiger partial charge in [-0.15, -0.1) is 17.9 Å². The van der Waals surface area contributed by atoms with Crippen LogP contribution in [0.3, 0.4) is 0 Å². The van der Waals surface area contributed by atoms with Gasteiger partial charge in [-0.3, -0.25) is 0 Å². The van der Waals surface area contributed by atoms with Gasteiger partial charge in [-0.25, -0.2) is 0 Å². The zero-order valence-corrected chi connectivity index (χ0v) is 11.9. The molecular weight excluding hydrogens is 200 g/mol. The van der Waals surface area contributed by atoms with Crippen LogP contribution in [0.1, 0.15) is 46.4 Å². The van der Waals surface area contributed by atoms with E-state index in [4.69, 9.17) is 0 Å². The Kier molecular flexibility index (Phi) is 11.2. The van der Waals surface area contributed by atoms with Crippen LogP contribution in [0, 0.1) is 5.41 Å². The first-order valence-electron chi connectivity index (χ1n) is 5.80. The highest BCUT2D eigenvalue weighted by molar-refractivity contribution is 7.09. The van der Waals surface area contributed by atoms with Gasteiger partial charge >= 0.3 is 0 Å². The maximum atomic E-state index is 3.82. The molecule has 0 radical (unpaired) electrons. The van der Waals surface area contributed by atoms with E-state index in [1.165, 1.54) is 4.88 Å². The van der Waals surface area contributed by atoms with Gasteiger partial charge in [0, 0.05) is 4.88 Å². The number of allylic oxidation sites excluding steroid dienone is 1. The van der Waals surface area contributed by atoms with Crippen molar-refractivity contribution in [3.8, 4) is 0 Å². The Morgan fingerprint density at radius 3 is 2.13 bits per heavy atom. The van der Waals surface area contributed by atoms with E-state index in [0.29, 0.717) is 0 Å². The maximum Gasteiger partial charge on any atom is 0.00536 e. The first kappa shape index (κ1) is 16.9. The van der Waals surface area contributed by atoms with Gasteiger partial charge < -0.3 is 0 Å². The minimum absolute atomic E-state index is 0.241. The Morgan fingerprint density at radius 1 is 1.27 bits per heavy atom. The molecule has 0 nitrogen and oxygen atoms in total. The Balaban J connectivity index is 0. The molecule has 88 valence electrons. The highest BCUT2D eigenvalue weighted by atomic mass is 32.1. The highest BCUT2D eigenvalue weighted by Gasteiger charge is 2.13. The lowest BCUT2D eigenvalue weighted by Crippen LogP contribution is -2.09. The third kappa shape index (κ3) is 8.44. The minimum atomic E-state index is 0.241. The van der Waals surface area contributed by atoms with Crippen molar-refractivity contribution in [3.63, 3.8) is 0 Å². The second kappa shape index (κ2) is 9.97. The van der Waals surface area contributed by atoms with E-state index in [1.807, 2.05) is 45.1 Å². The molecule has 1 aromatic rings. The van der Waals surface area contributed by atoms with Crippen molar-refractivity contribution in [1.82, 2.24) is 0 Å². The molecule has 0 N–H and O–H groups in total. The van der Waals surface area contributed by atoms with Crippen LogP contribution in [-0.2, 0) is 6.42 Å². The fraction of sp³-hybridized carbons (Fsp3) is 0.571. The standard InChI is InChI=1S/C10H14S.2C2H6/c1-4-10(2,3)8-9-6-5-7-11-9;2*1-2/h4-7H,1,8H2,2-3H3;2*1-2H3. The second-order valence-corrected chi connectivity index (χ2v) is 4.48. The predicted molar refractivity (Wildman–Crippen MR) is 74.7 cm³/mol. The summed E-state index contributed by atoms with van der Waals surface area (Å²) < 4.78 is 0. The maximum absolute atomic E-state index is 3.82. The van der Waals surface area contributed by atoms with Crippen LogP contribution < -0.4 is 0 Å². The Bertz CT molecular complexity index is 219. The van der Waals surface area contributed by atoms with Crippen molar-refractivity contribution < 1.29 is 0 Å². The molecule has 0 saturated carbocycles. The lowest BCUT2D eigenvalue weighted by molar-refractivity contribution is 0.483. The summed E-state index contributed by atoms with van der Waals surface area (Å²) in [6.07, 6.45) is 3.13. The van der Waals surface area contributed by atoms with Gasteiger partial charge in [-0.2, -0.15) is 0 Å². The number of hydrogen-bond donors (Lipinski definition) is 0. The molecule has 0 aromatic carbocycles. The van der Waals surface area contributed by atoms with E-state index in [-0.39, 0.29) is 5.41 Å². The molecule has 0 aliphatic rings. The molecule has 0 amide bonds. The summed E-state index contributed by atoms with van der Waals surface area (Å²) in [5.74, 6) is 0. The fourth-order valence-corrected chi connectivity index (χ4v) is 1.88. The highest BCUT2D eigenvalue weighted by Crippen LogP contribution is 2.24. The summed E-state index contributed by atoms with van der Waals surface area (Å²) in [4.78, 5) is 1.44. The molecule has 0 aliphatic heterocycles. The van der Waals surface area contributed by atoms with Gasteiger partial charge in [0.25, 0.3) is 0 Å². The molecule has 0 fully saturated rings. The molecule has 0 saturated heterocycles. The van der Waals surface area contributed by atoms with Gasteiger partial charge in [-0.1, -0.05) is 53.7 Å². The summed E-state index contributed by atoms with van der Waals surface area (Å²) in [7, 11) is 0. The molecular formula is C14H26S. The molecule has 1 heteroatoms. The molecule has 1 rings (SSSR count).